The lowest BCUT2D eigenvalue weighted by Gasteiger charge is -2.41. The summed E-state index contributed by atoms with van der Waals surface area (Å²) in [5.41, 5.74) is 1.33. The zero-order valence-electron chi connectivity index (χ0n) is 17.0. The molecule has 1 aromatic rings. The molecular formula is C23H36N2O2. The first-order valence-electron chi connectivity index (χ1n) is 10.8. The first-order chi connectivity index (χ1) is 12.9. The van der Waals surface area contributed by atoms with Crippen LogP contribution in [0.5, 0.6) is 5.75 Å². The van der Waals surface area contributed by atoms with Crippen molar-refractivity contribution in [2.24, 2.45) is 5.41 Å². The Labute approximate surface area is 164 Å². The molecule has 2 N–H and O–H groups in total. The van der Waals surface area contributed by atoms with E-state index in [9.17, 15) is 5.11 Å². The number of likely N-dealkylation sites (tertiary alicyclic amines) is 1. The van der Waals surface area contributed by atoms with E-state index in [0.717, 1.165) is 11.8 Å². The van der Waals surface area contributed by atoms with Crippen LogP contribution in [0.1, 0.15) is 63.9 Å². The quantitative estimate of drug-likeness (QED) is 0.802. The van der Waals surface area contributed by atoms with Gasteiger partial charge < -0.3 is 20.1 Å². The lowest BCUT2D eigenvalue weighted by atomic mass is 9.80. The molecule has 0 radical (unpaired) electrons. The molecule has 1 atom stereocenters. The van der Waals surface area contributed by atoms with Gasteiger partial charge in [0.1, 0.15) is 5.75 Å². The average molecular weight is 373 g/mol. The second-order valence-corrected chi connectivity index (χ2v) is 9.76. The van der Waals surface area contributed by atoms with Gasteiger partial charge in [-0.05, 0) is 82.0 Å². The Hall–Kier alpha value is -1.10. The molecule has 2 saturated heterocycles. The van der Waals surface area contributed by atoms with Gasteiger partial charge in [0.25, 0.3) is 0 Å². The highest BCUT2D eigenvalue weighted by Crippen LogP contribution is 2.44. The van der Waals surface area contributed by atoms with Crippen LogP contribution < -0.4 is 10.1 Å². The van der Waals surface area contributed by atoms with Gasteiger partial charge in [-0.15, -0.1) is 0 Å². The second kappa shape index (κ2) is 7.73. The summed E-state index contributed by atoms with van der Waals surface area (Å²) in [6.07, 6.45) is 7.33. The molecule has 3 fully saturated rings. The van der Waals surface area contributed by atoms with E-state index in [1.807, 2.05) is 13.8 Å². The lowest BCUT2D eigenvalue weighted by Crippen LogP contribution is -2.52. The highest BCUT2D eigenvalue weighted by atomic mass is 16.5. The fraction of sp³-hybridized carbons (Fsp3) is 0.739. The van der Waals surface area contributed by atoms with Crippen molar-refractivity contribution in [3.8, 4) is 5.75 Å². The summed E-state index contributed by atoms with van der Waals surface area (Å²) in [6, 6.07) is 9.34. The predicted molar refractivity (Wildman–Crippen MR) is 109 cm³/mol. The van der Waals surface area contributed by atoms with Gasteiger partial charge in [0.2, 0.25) is 0 Å². The number of nitrogens with zero attached hydrogens (tertiary/aromatic N) is 1. The van der Waals surface area contributed by atoms with E-state index in [1.165, 1.54) is 63.8 Å². The second-order valence-electron chi connectivity index (χ2n) is 9.76. The van der Waals surface area contributed by atoms with Gasteiger partial charge in [0.15, 0.2) is 0 Å². The largest absolute Gasteiger partial charge is 0.493 e. The van der Waals surface area contributed by atoms with Crippen LogP contribution in [0.2, 0.25) is 0 Å². The molecule has 1 aromatic carbocycles. The molecule has 4 rings (SSSR count). The minimum atomic E-state index is -0.672. The normalized spacial score (nSPS) is 26.3. The van der Waals surface area contributed by atoms with Gasteiger partial charge in [-0.1, -0.05) is 18.2 Å². The molecule has 4 heteroatoms. The van der Waals surface area contributed by atoms with Crippen LogP contribution in [0.15, 0.2) is 24.3 Å². The van der Waals surface area contributed by atoms with E-state index in [-0.39, 0.29) is 0 Å². The van der Waals surface area contributed by atoms with E-state index >= 15 is 0 Å². The summed E-state index contributed by atoms with van der Waals surface area (Å²) in [4.78, 5) is 2.77. The number of ether oxygens (including phenoxy) is 1. The number of piperidine rings is 1. The monoisotopic (exact) mass is 372 g/mol. The Kier molecular flexibility index (Phi) is 5.50. The molecule has 150 valence electrons. The van der Waals surface area contributed by atoms with Crippen LogP contribution in [0, 0.1) is 5.41 Å². The molecule has 0 amide bonds. The lowest BCUT2D eigenvalue weighted by molar-refractivity contribution is 0.0550. The molecule has 1 saturated carbocycles. The van der Waals surface area contributed by atoms with Gasteiger partial charge in [-0.2, -0.15) is 0 Å². The maximum Gasteiger partial charge on any atom is 0.122 e. The Morgan fingerprint density at radius 2 is 1.93 bits per heavy atom. The van der Waals surface area contributed by atoms with Gasteiger partial charge in [-0.3, -0.25) is 0 Å². The first kappa shape index (κ1) is 19.2. The van der Waals surface area contributed by atoms with Crippen molar-refractivity contribution in [2.45, 2.75) is 69.9 Å². The highest BCUT2D eigenvalue weighted by Gasteiger charge is 2.45. The Balaban J connectivity index is 1.31. The molecule has 0 bridgehead atoms. The fourth-order valence-electron chi connectivity index (χ4n) is 5.22. The van der Waals surface area contributed by atoms with Crippen LogP contribution >= 0.6 is 0 Å². The minimum Gasteiger partial charge on any atom is -0.493 e. The topological polar surface area (TPSA) is 44.7 Å². The third kappa shape index (κ3) is 4.49. The van der Waals surface area contributed by atoms with Crippen LogP contribution in [0.3, 0.4) is 0 Å². The van der Waals surface area contributed by atoms with Crippen molar-refractivity contribution >= 4 is 0 Å². The van der Waals surface area contributed by atoms with Crippen molar-refractivity contribution < 1.29 is 9.84 Å². The van der Waals surface area contributed by atoms with E-state index in [2.05, 4.69) is 34.5 Å². The van der Waals surface area contributed by atoms with Crippen LogP contribution in [-0.4, -0.2) is 54.4 Å². The van der Waals surface area contributed by atoms with E-state index in [1.54, 1.807) is 0 Å². The van der Waals surface area contributed by atoms with Crippen LogP contribution in [0.4, 0.5) is 0 Å². The third-order valence-corrected chi connectivity index (χ3v) is 7.05. The number of rotatable bonds is 6. The summed E-state index contributed by atoms with van der Waals surface area (Å²) in [6.45, 7) is 9.17. The number of para-hydroxylation sites is 1. The Morgan fingerprint density at radius 3 is 2.56 bits per heavy atom. The van der Waals surface area contributed by atoms with E-state index < -0.39 is 5.60 Å². The molecule has 2 heterocycles. The standard InChI is InChI=1S/C23H36N2O2/c1-22(2,26)11-14-27-21-6-4-3-5-20(21)18-8-12-25(13-9-18)19-7-10-23(15-19)16-24-17-23/h3-6,18-19,24,26H,7-17H2,1-2H3/t19-/m1/s1. The number of hydrogen-bond donors (Lipinski definition) is 2. The number of nitrogens with one attached hydrogen (secondary N) is 1. The molecule has 1 aliphatic carbocycles. The maximum absolute atomic E-state index is 9.92. The van der Waals surface area contributed by atoms with Crippen LogP contribution in [0.25, 0.3) is 0 Å². The van der Waals surface area contributed by atoms with Gasteiger partial charge in [0.05, 0.1) is 12.2 Å². The minimum absolute atomic E-state index is 0.567. The average Bonchev–Trinajstić information content (AvgIpc) is 3.08. The van der Waals surface area contributed by atoms with E-state index in [4.69, 9.17) is 4.74 Å². The van der Waals surface area contributed by atoms with Crippen molar-refractivity contribution in [1.29, 1.82) is 0 Å². The smallest absolute Gasteiger partial charge is 0.122 e. The van der Waals surface area contributed by atoms with Gasteiger partial charge >= 0.3 is 0 Å². The molecule has 2 aliphatic heterocycles. The van der Waals surface area contributed by atoms with Crippen molar-refractivity contribution in [2.75, 3.05) is 32.8 Å². The molecule has 27 heavy (non-hydrogen) atoms. The zero-order valence-corrected chi connectivity index (χ0v) is 17.0. The number of benzene rings is 1. The summed E-state index contributed by atoms with van der Waals surface area (Å²) < 4.78 is 6.06. The third-order valence-electron chi connectivity index (χ3n) is 7.05. The fourth-order valence-corrected chi connectivity index (χ4v) is 5.22. The number of hydrogen-bond acceptors (Lipinski definition) is 4. The molecule has 4 nitrogen and oxygen atoms in total. The molecule has 1 spiro atoms. The summed E-state index contributed by atoms with van der Waals surface area (Å²) in [5.74, 6) is 1.61. The number of aliphatic hydroxyl groups is 1. The Bertz CT molecular complexity index is 628. The van der Waals surface area contributed by atoms with Gasteiger partial charge in [0, 0.05) is 25.6 Å². The van der Waals surface area contributed by atoms with Crippen molar-refractivity contribution in [3.63, 3.8) is 0 Å². The molecule has 3 aliphatic rings. The van der Waals surface area contributed by atoms with Crippen molar-refractivity contribution in [3.05, 3.63) is 29.8 Å². The summed E-state index contributed by atoms with van der Waals surface area (Å²) in [5, 5.41) is 13.4. The Morgan fingerprint density at radius 1 is 1.19 bits per heavy atom. The molecule has 0 aromatic heterocycles. The van der Waals surface area contributed by atoms with Crippen LogP contribution in [-0.2, 0) is 0 Å². The van der Waals surface area contributed by atoms with Crippen molar-refractivity contribution in [1.82, 2.24) is 10.2 Å². The molecular weight excluding hydrogens is 336 g/mol. The summed E-state index contributed by atoms with van der Waals surface area (Å²) in [7, 11) is 0. The van der Waals surface area contributed by atoms with E-state index in [0.29, 0.717) is 24.4 Å². The SMILES string of the molecule is CC(C)(O)CCOc1ccccc1C1CCN([C@@H]2CCC3(CNC3)C2)CC1. The summed E-state index contributed by atoms with van der Waals surface area (Å²) >= 11 is 0. The predicted octanol–water partition coefficient (Wildman–Crippen LogP) is 3.55. The highest BCUT2D eigenvalue weighted by molar-refractivity contribution is 5.36. The molecule has 0 unspecified atom stereocenters. The van der Waals surface area contributed by atoms with Gasteiger partial charge in [-0.25, -0.2) is 0 Å². The first-order valence-corrected chi connectivity index (χ1v) is 10.8. The maximum atomic E-state index is 9.92. The zero-order chi connectivity index (χ0) is 18.9.